The van der Waals surface area contributed by atoms with Gasteiger partial charge in [-0.3, -0.25) is 9.69 Å². The maximum Gasteiger partial charge on any atom is 0.573 e. The fourth-order valence-corrected chi connectivity index (χ4v) is 3.73. The summed E-state index contributed by atoms with van der Waals surface area (Å²) in [7, 11) is 0. The highest BCUT2D eigenvalue weighted by molar-refractivity contribution is 7.15. The molecule has 0 aliphatic carbocycles. The minimum absolute atomic E-state index is 0.210. The number of anilines is 2. The van der Waals surface area contributed by atoms with Gasteiger partial charge in [0.1, 0.15) is 10.8 Å². The van der Waals surface area contributed by atoms with Gasteiger partial charge in [0.15, 0.2) is 0 Å². The number of carbonyl (C=O) groups is 1. The Bertz CT molecular complexity index is 818. The summed E-state index contributed by atoms with van der Waals surface area (Å²) in [5, 5.41) is 13.1. The Balaban J connectivity index is 1.44. The third kappa shape index (κ3) is 6.29. The summed E-state index contributed by atoms with van der Waals surface area (Å²) in [5.74, 6) is -0.204. The molecule has 0 unspecified atom stereocenters. The van der Waals surface area contributed by atoms with E-state index in [2.05, 4.69) is 39.0 Å². The van der Waals surface area contributed by atoms with E-state index >= 15 is 0 Å². The summed E-state index contributed by atoms with van der Waals surface area (Å²) < 4.78 is 40.3. The Morgan fingerprint density at radius 1 is 1.17 bits per heavy atom. The zero-order valence-corrected chi connectivity index (χ0v) is 16.9. The first-order chi connectivity index (χ1) is 13.7. The summed E-state index contributed by atoms with van der Waals surface area (Å²) in [4.78, 5) is 16.4. The van der Waals surface area contributed by atoms with Crippen LogP contribution in [0.5, 0.6) is 5.75 Å². The van der Waals surface area contributed by atoms with Crippen molar-refractivity contribution in [1.29, 1.82) is 0 Å². The van der Waals surface area contributed by atoms with Crippen molar-refractivity contribution in [2.75, 3.05) is 42.9 Å². The molecule has 2 aromatic rings. The molecule has 1 aromatic carbocycles. The average Bonchev–Trinajstić information content (AvgIpc) is 3.13. The van der Waals surface area contributed by atoms with Gasteiger partial charge < -0.3 is 15.0 Å². The Hall–Kier alpha value is -2.40. The van der Waals surface area contributed by atoms with Gasteiger partial charge in [-0.2, -0.15) is 0 Å². The Morgan fingerprint density at radius 3 is 2.38 bits per heavy atom. The van der Waals surface area contributed by atoms with Crippen molar-refractivity contribution in [1.82, 2.24) is 15.1 Å². The lowest BCUT2D eigenvalue weighted by atomic mass is 10.2. The fraction of sp³-hybridized carbons (Fsp3) is 0.500. The number of amides is 1. The van der Waals surface area contributed by atoms with Crippen molar-refractivity contribution in [2.45, 2.75) is 26.1 Å². The second-order valence-electron chi connectivity index (χ2n) is 6.96. The summed E-state index contributed by atoms with van der Waals surface area (Å²) in [6, 6.07) is 5.07. The zero-order chi connectivity index (χ0) is 21.0. The topological polar surface area (TPSA) is 70.6 Å². The molecule has 0 saturated carbocycles. The fourth-order valence-electron chi connectivity index (χ4n) is 2.83. The molecular weight excluding hydrogens is 407 g/mol. The molecule has 7 nitrogen and oxygen atoms in total. The van der Waals surface area contributed by atoms with Crippen LogP contribution in [0.25, 0.3) is 0 Å². The molecule has 1 aliphatic heterocycles. The number of carbonyl (C=O) groups excluding carboxylic acids is 1. The van der Waals surface area contributed by atoms with Gasteiger partial charge in [0.2, 0.25) is 11.0 Å². The SMILES string of the molecule is CC(C)c1nnc(N2CCN(CC(=O)Nc3ccc(OC(F)(F)F)cc3)CC2)s1. The van der Waals surface area contributed by atoms with Crippen LogP contribution in [-0.4, -0.2) is 60.1 Å². The lowest BCUT2D eigenvalue weighted by Gasteiger charge is -2.33. The number of alkyl halides is 3. The summed E-state index contributed by atoms with van der Waals surface area (Å²) in [6.07, 6.45) is -4.74. The highest BCUT2D eigenvalue weighted by atomic mass is 32.1. The van der Waals surface area contributed by atoms with E-state index in [1.807, 2.05) is 4.90 Å². The second-order valence-corrected chi connectivity index (χ2v) is 7.95. The van der Waals surface area contributed by atoms with E-state index in [1.54, 1.807) is 11.3 Å². The first kappa shape index (κ1) is 21.3. The summed E-state index contributed by atoms with van der Waals surface area (Å²) in [5.41, 5.74) is 0.415. The third-order valence-electron chi connectivity index (χ3n) is 4.31. The number of hydrogen-bond acceptors (Lipinski definition) is 7. The first-order valence-electron chi connectivity index (χ1n) is 9.16. The highest BCUT2D eigenvalue weighted by Gasteiger charge is 2.31. The molecule has 0 bridgehead atoms. The van der Waals surface area contributed by atoms with E-state index in [9.17, 15) is 18.0 Å². The molecule has 1 amide bonds. The van der Waals surface area contributed by atoms with Crippen LogP contribution in [0.2, 0.25) is 0 Å². The van der Waals surface area contributed by atoms with Crippen molar-refractivity contribution in [3.8, 4) is 5.75 Å². The number of nitrogens with zero attached hydrogens (tertiary/aromatic N) is 4. The molecule has 0 atom stereocenters. The number of ether oxygens (including phenoxy) is 1. The van der Waals surface area contributed by atoms with Crippen LogP contribution in [-0.2, 0) is 4.79 Å². The average molecular weight is 429 g/mol. The van der Waals surface area contributed by atoms with Crippen LogP contribution in [0.15, 0.2) is 24.3 Å². The van der Waals surface area contributed by atoms with Crippen molar-refractivity contribution < 1.29 is 22.7 Å². The molecule has 3 rings (SSSR count). The van der Waals surface area contributed by atoms with E-state index in [0.717, 1.165) is 35.4 Å². The Labute approximate surface area is 170 Å². The number of nitrogens with one attached hydrogen (secondary N) is 1. The molecule has 1 N–H and O–H groups in total. The molecular formula is C18H22F3N5O2S. The molecule has 1 aliphatic rings. The van der Waals surface area contributed by atoms with Gasteiger partial charge in [-0.05, 0) is 24.3 Å². The molecule has 11 heteroatoms. The maximum atomic E-state index is 12.2. The summed E-state index contributed by atoms with van der Waals surface area (Å²) >= 11 is 1.59. The molecule has 158 valence electrons. The predicted octanol–water partition coefficient (Wildman–Crippen LogP) is 3.32. The van der Waals surface area contributed by atoms with Crippen molar-refractivity contribution in [3.05, 3.63) is 29.3 Å². The number of piperazine rings is 1. The van der Waals surface area contributed by atoms with Gasteiger partial charge in [0, 0.05) is 37.8 Å². The Morgan fingerprint density at radius 2 is 1.83 bits per heavy atom. The quantitative estimate of drug-likeness (QED) is 0.760. The lowest BCUT2D eigenvalue weighted by Crippen LogP contribution is -2.48. The van der Waals surface area contributed by atoms with Gasteiger partial charge >= 0.3 is 6.36 Å². The van der Waals surface area contributed by atoms with Gasteiger partial charge in [0.05, 0.1) is 6.54 Å². The van der Waals surface area contributed by atoms with Gasteiger partial charge in [-0.15, -0.1) is 23.4 Å². The van der Waals surface area contributed by atoms with Gasteiger partial charge in [-0.25, -0.2) is 0 Å². The number of halogens is 3. The number of aromatic nitrogens is 2. The second kappa shape index (κ2) is 8.95. The van der Waals surface area contributed by atoms with Gasteiger partial charge in [0.25, 0.3) is 0 Å². The number of benzene rings is 1. The molecule has 0 spiro atoms. The molecule has 1 saturated heterocycles. The smallest absolute Gasteiger partial charge is 0.406 e. The minimum Gasteiger partial charge on any atom is -0.406 e. The zero-order valence-electron chi connectivity index (χ0n) is 16.1. The monoisotopic (exact) mass is 429 g/mol. The molecule has 1 fully saturated rings. The van der Waals surface area contributed by atoms with Crippen molar-refractivity contribution in [3.63, 3.8) is 0 Å². The van der Waals surface area contributed by atoms with Crippen LogP contribution >= 0.6 is 11.3 Å². The van der Waals surface area contributed by atoms with Crippen LogP contribution in [0.1, 0.15) is 24.8 Å². The normalized spacial score (nSPS) is 15.6. The van der Waals surface area contributed by atoms with E-state index in [1.165, 1.54) is 12.1 Å². The number of rotatable bonds is 6. The largest absolute Gasteiger partial charge is 0.573 e. The standard InChI is InChI=1S/C18H22F3N5O2S/c1-12(2)16-23-24-17(29-16)26-9-7-25(8-10-26)11-15(27)22-13-3-5-14(6-4-13)28-18(19,20)21/h3-6,12H,7-11H2,1-2H3,(H,22,27). The summed E-state index contributed by atoms with van der Waals surface area (Å²) in [6.45, 7) is 7.30. The third-order valence-corrected chi connectivity index (χ3v) is 5.59. The van der Waals surface area contributed by atoms with Crippen LogP contribution in [0.3, 0.4) is 0 Å². The van der Waals surface area contributed by atoms with E-state index < -0.39 is 6.36 Å². The van der Waals surface area contributed by atoms with Crippen molar-refractivity contribution in [2.24, 2.45) is 0 Å². The minimum atomic E-state index is -4.74. The van der Waals surface area contributed by atoms with Crippen LogP contribution in [0.4, 0.5) is 24.0 Å². The van der Waals surface area contributed by atoms with Gasteiger partial charge in [-0.1, -0.05) is 25.2 Å². The molecule has 0 radical (unpaired) electrons. The van der Waals surface area contributed by atoms with E-state index in [4.69, 9.17) is 0 Å². The lowest BCUT2D eigenvalue weighted by molar-refractivity contribution is -0.274. The predicted molar refractivity (Wildman–Crippen MR) is 104 cm³/mol. The van der Waals surface area contributed by atoms with Crippen molar-refractivity contribution >= 4 is 28.1 Å². The van der Waals surface area contributed by atoms with E-state index in [-0.39, 0.29) is 18.2 Å². The van der Waals surface area contributed by atoms with Crippen LogP contribution < -0.4 is 15.0 Å². The first-order valence-corrected chi connectivity index (χ1v) is 9.97. The Kier molecular flexibility index (Phi) is 6.58. The van der Waals surface area contributed by atoms with Crippen LogP contribution in [0, 0.1) is 0 Å². The molecule has 1 aromatic heterocycles. The molecule has 29 heavy (non-hydrogen) atoms. The van der Waals surface area contributed by atoms with E-state index in [0.29, 0.717) is 24.7 Å². The highest BCUT2D eigenvalue weighted by Crippen LogP contribution is 2.26. The number of hydrogen-bond donors (Lipinski definition) is 1. The maximum absolute atomic E-state index is 12.2. The molecule has 2 heterocycles.